The largest absolute Gasteiger partial charge is 0.370 e. The molecule has 0 aliphatic carbocycles. The third-order valence-corrected chi connectivity index (χ3v) is 1.57. The summed E-state index contributed by atoms with van der Waals surface area (Å²) in [6.45, 7) is 3.62. The molecule has 0 unspecified atom stereocenters. The van der Waals surface area contributed by atoms with Crippen molar-refractivity contribution in [1.82, 2.24) is 3.53 Å². The van der Waals surface area contributed by atoms with Crippen molar-refractivity contribution in [2.75, 3.05) is 0 Å². The predicted octanol–water partition coefficient (Wildman–Crippen LogP) is 0.705. The van der Waals surface area contributed by atoms with Crippen LogP contribution in [0.4, 0.5) is 0 Å². The number of amides is 1. The van der Waals surface area contributed by atoms with E-state index in [-0.39, 0.29) is 5.91 Å². The summed E-state index contributed by atoms with van der Waals surface area (Å²) in [5.74, 6) is -0.289. The molecule has 0 heterocycles. The van der Waals surface area contributed by atoms with Crippen molar-refractivity contribution < 1.29 is 4.79 Å². The van der Waals surface area contributed by atoms with Gasteiger partial charge in [-0.3, -0.25) is 4.79 Å². The molecular weight excluding hydrogens is 231 g/mol. The Morgan fingerprint density at radius 3 is 2.56 bits per heavy atom. The van der Waals surface area contributed by atoms with Crippen LogP contribution in [0.3, 0.4) is 0 Å². The molecule has 0 saturated heterocycles. The molecule has 0 bridgehead atoms. The van der Waals surface area contributed by atoms with Crippen molar-refractivity contribution in [1.29, 1.82) is 0 Å². The lowest BCUT2D eigenvalue weighted by Gasteiger charge is -1.98. The van der Waals surface area contributed by atoms with Crippen molar-refractivity contribution in [3.8, 4) is 0 Å². The highest BCUT2D eigenvalue weighted by molar-refractivity contribution is 14.1. The number of carbonyl (C=O) groups is 1. The van der Waals surface area contributed by atoms with Gasteiger partial charge in [0.25, 0.3) is 0 Å². The van der Waals surface area contributed by atoms with E-state index in [1.165, 1.54) is 0 Å². The summed E-state index contributed by atoms with van der Waals surface area (Å²) in [4.78, 5) is 10.2. The number of halogens is 1. The second-order valence-electron chi connectivity index (χ2n) is 1.66. The topological polar surface area (TPSA) is 55.1 Å². The maximum atomic E-state index is 10.2. The van der Waals surface area contributed by atoms with Crippen LogP contribution in [-0.4, -0.2) is 5.91 Å². The van der Waals surface area contributed by atoms with E-state index in [1.807, 2.05) is 22.9 Å². The molecule has 0 rings (SSSR count). The van der Waals surface area contributed by atoms with Gasteiger partial charge >= 0.3 is 0 Å². The molecule has 0 spiro atoms. The smallest absolute Gasteiger partial charge is 0.217 e. The van der Waals surface area contributed by atoms with E-state index in [0.717, 1.165) is 5.70 Å². The number of hydrogen-bond donors (Lipinski definition) is 2. The fraction of sp³-hybridized carbons (Fsp3) is 0.400. The number of carbonyl (C=O) groups excluding carboxylic acids is 1. The van der Waals surface area contributed by atoms with E-state index >= 15 is 0 Å². The van der Waals surface area contributed by atoms with Crippen LogP contribution >= 0.6 is 22.9 Å². The van der Waals surface area contributed by atoms with Crippen LogP contribution in [0, 0.1) is 0 Å². The van der Waals surface area contributed by atoms with Gasteiger partial charge in [0.05, 0.1) is 22.9 Å². The first kappa shape index (κ1) is 8.74. The fourth-order valence-electron chi connectivity index (χ4n) is 0.321. The zero-order chi connectivity index (χ0) is 7.28. The van der Waals surface area contributed by atoms with Crippen LogP contribution in [0.2, 0.25) is 0 Å². The van der Waals surface area contributed by atoms with Crippen molar-refractivity contribution in [2.45, 2.75) is 12.8 Å². The monoisotopic (exact) mass is 240 g/mol. The Morgan fingerprint density at radius 1 is 1.67 bits per heavy atom. The Balaban J connectivity index is 3.28. The first-order valence-corrected chi connectivity index (χ1v) is 3.57. The van der Waals surface area contributed by atoms with Crippen LogP contribution in [0.25, 0.3) is 0 Å². The van der Waals surface area contributed by atoms with Crippen LogP contribution < -0.4 is 9.26 Å². The molecule has 3 nitrogen and oxygen atoms in total. The maximum absolute atomic E-state index is 10.2. The lowest BCUT2D eigenvalue weighted by molar-refractivity contribution is -0.117. The Labute approximate surface area is 68.2 Å². The molecule has 0 aromatic rings. The quantitative estimate of drug-likeness (QED) is 0.561. The Bertz CT molecular complexity index is 124. The Morgan fingerprint density at radius 2 is 2.22 bits per heavy atom. The van der Waals surface area contributed by atoms with Gasteiger partial charge < -0.3 is 9.26 Å². The molecule has 0 aliphatic heterocycles. The minimum absolute atomic E-state index is 0.289. The van der Waals surface area contributed by atoms with Crippen molar-refractivity contribution >= 4 is 28.8 Å². The van der Waals surface area contributed by atoms with E-state index in [4.69, 9.17) is 5.73 Å². The lowest BCUT2D eigenvalue weighted by Crippen LogP contribution is -2.11. The summed E-state index contributed by atoms with van der Waals surface area (Å²) in [5, 5.41) is 0. The van der Waals surface area contributed by atoms with Crippen molar-refractivity contribution in [2.24, 2.45) is 5.73 Å². The van der Waals surface area contributed by atoms with Gasteiger partial charge in [0.15, 0.2) is 0 Å². The SMILES string of the molecule is C=C(CCC(N)=O)NI. The van der Waals surface area contributed by atoms with Gasteiger partial charge in [0.1, 0.15) is 0 Å². The molecule has 0 aromatic carbocycles. The van der Waals surface area contributed by atoms with Gasteiger partial charge in [-0.2, -0.15) is 0 Å². The standard InChI is InChI=1S/C5H9IN2O/c1-4(8-6)2-3-5(7)9/h8H,1-3H2,(H2,7,9). The summed E-state index contributed by atoms with van der Waals surface area (Å²) in [6, 6.07) is 0. The average Bonchev–Trinajstić information content (AvgIpc) is 1.83. The molecule has 0 aromatic heterocycles. The van der Waals surface area contributed by atoms with Gasteiger partial charge in [0.2, 0.25) is 5.91 Å². The Kier molecular flexibility index (Phi) is 4.47. The molecule has 1 amide bonds. The van der Waals surface area contributed by atoms with Gasteiger partial charge in [0, 0.05) is 12.1 Å². The van der Waals surface area contributed by atoms with Crippen LogP contribution in [0.5, 0.6) is 0 Å². The highest BCUT2D eigenvalue weighted by Crippen LogP contribution is 1.98. The zero-order valence-corrected chi connectivity index (χ0v) is 7.14. The Hall–Kier alpha value is -0.260. The van der Waals surface area contributed by atoms with Gasteiger partial charge in [-0.15, -0.1) is 0 Å². The molecule has 52 valence electrons. The molecule has 0 aliphatic rings. The summed E-state index contributed by atoms with van der Waals surface area (Å²) >= 11 is 1.96. The maximum Gasteiger partial charge on any atom is 0.217 e. The van der Waals surface area contributed by atoms with E-state index < -0.39 is 0 Å². The number of primary amides is 1. The first-order chi connectivity index (χ1) is 4.16. The summed E-state index contributed by atoms with van der Waals surface area (Å²) in [6.07, 6.45) is 0.993. The van der Waals surface area contributed by atoms with E-state index in [1.54, 1.807) is 0 Å². The van der Waals surface area contributed by atoms with E-state index in [2.05, 4.69) is 10.1 Å². The minimum Gasteiger partial charge on any atom is -0.370 e. The number of nitrogens with two attached hydrogens (primary N) is 1. The number of hydrogen-bond acceptors (Lipinski definition) is 2. The highest BCUT2D eigenvalue weighted by Gasteiger charge is 1.94. The average molecular weight is 240 g/mol. The van der Waals surface area contributed by atoms with Crippen LogP contribution in [0.15, 0.2) is 12.3 Å². The number of nitrogens with one attached hydrogen (secondary N) is 1. The third-order valence-electron chi connectivity index (χ3n) is 0.807. The molecule has 0 atom stereocenters. The molecule has 4 heteroatoms. The van der Waals surface area contributed by atoms with Crippen LogP contribution in [0.1, 0.15) is 12.8 Å². The van der Waals surface area contributed by atoms with E-state index in [0.29, 0.717) is 12.8 Å². The second kappa shape index (κ2) is 4.60. The molecular formula is C5H9IN2O. The summed E-state index contributed by atoms with van der Waals surface area (Å²) < 4.78 is 2.79. The molecule has 0 fully saturated rings. The van der Waals surface area contributed by atoms with Crippen molar-refractivity contribution in [3.05, 3.63) is 12.3 Å². The van der Waals surface area contributed by atoms with E-state index in [9.17, 15) is 4.79 Å². The van der Waals surface area contributed by atoms with Gasteiger partial charge in [-0.25, -0.2) is 0 Å². The first-order valence-electron chi connectivity index (χ1n) is 2.49. The lowest BCUT2D eigenvalue weighted by atomic mass is 10.2. The van der Waals surface area contributed by atoms with Crippen molar-refractivity contribution in [3.63, 3.8) is 0 Å². The minimum atomic E-state index is -0.289. The molecule has 0 radical (unpaired) electrons. The van der Waals surface area contributed by atoms with Gasteiger partial charge in [-0.1, -0.05) is 6.58 Å². The normalized spacial score (nSPS) is 8.56. The molecule has 3 N–H and O–H groups in total. The molecule has 0 saturated carbocycles. The molecule has 9 heavy (non-hydrogen) atoms. The number of allylic oxidation sites excluding steroid dienone is 1. The van der Waals surface area contributed by atoms with Crippen LogP contribution in [-0.2, 0) is 4.79 Å². The predicted molar refractivity (Wildman–Crippen MR) is 44.7 cm³/mol. The second-order valence-corrected chi connectivity index (χ2v) is 2.20. The van der Waals surface area contributed by atoms with Gasteiger partial charge in [-0.05, 0) is 6.42 Å². The zero-order valence-electron chi connectivity index (χ0n) is 4.98. The summed E-state index contributed by atoms with van der Waals surface area (Å²) in [7, 11) is 0. The highest BCUT2D eigenvalue weighted by atomic mass is 127. The number of rotatable bonds is 4. The fourth-order valence-corrected chi connectivity index (χ4v) is 0.591. The third kappa shape index (κ3) is 5.61. The summed E-state index contributed by atoms with van der Waals surface area (Å²) in [5.41, 5.74) is 5.71.